The smallest absolute Gasteiger partial charge is 0.456 e. The summed E-state index contributed by atoms with van der Waals surface area (Å²) in [6, 6.07) is 52.2. The number of Topliss-reactive ketones (excluding diaryl/α,β-unsaturated/α-hetero) is 2. The lowest BCUT2D eigenvalue weighted by atomic mass is 9.43. The number of carbonyl (C=O) groups excluding carboxylic acids is 10. The summed E-state index contributed by atoms with van der Waals surface area (Å²) in [6.45, 7) is 31.3. The van der Waals surface area contributed by atoms with Crippen LogP contribution in [0.3, 0.4) is 0 Å². The van der Waals surface area contributed by atoms with Crippen molar-refractivity contribution in [3.8, 4) is 0 Å². The lowest BCUT2D eigenvalue weighted by Gasteiger charge is -2.67. The minimum absolute atomic E-state index is 0.0407. The fraction of sp³-hybridized carbons (Fsp3) is 0.537. The lowest BCUT2D eigenvalue weighted by molar-refractivity contribution is -0.345. The Kier molecular flexibility index (Phi) is 33.6. The van der Waals surface area contributed by atoms with Gasteiger partial charge in [-0.3, -0.25) is 24.0 Å². The van der Waals surface area contributed by atoms with Crippen LogP contribution < -0.4 is 0 Å². The molecular formula is C108H133FO28. The second-order valence-corrected chi connectivity index (χ2v) is 40.2. The molecule has 4 saturated carbocycles. The first-order valence-electron chi connectivity index (χ1n) is 47.2. The van der Waals surface area contributed by atoms with Crippen molar-refractivity contribution in [3.05, 3.63) is 238 Å². The van der Waals surface area contributed by atoms with E-state index < -0.39 is 189 Å². The van der Waals surface area contributed by atoms with Gasteiger partial charge in [-0.15, -0.1) is 0 Å². The fourth-order valence-corrected chi connectivity index (χ4v) is 23.0. The highest BCUT2D eigenvalue weighted by molar-refractivity contribution is 5.94. The molecule has 3 unspecified atom stereocenters. The third-order valence-electron chi connectivity index (χ3n) is 29.6. The molecule has 29 heteroatoms. The number of fused-ring (bicyclic) bond motifs is 10. The molecule has 6 fully saturated rings. The number of ether oxygens (including phenoxy) is 15. The third kappa shape index (κ3) is 21.8. The Morgan fingerprint density at radius 1 is 0.453 bits per heavy atom. The molecular weight excluding hydrogens is 1760 g/mol. The topological polar surface area (TPSA) is 370 Å². The van der Waals surface area contributed by atoms with E-state index in [1.165, 1.54) is 13.8 Å². The maximum Gasteiger partial charge on any atom is 0.508 e. The van der Waals surface area contributed by atoms with E-state index in [-0.39, 0.29) is 101 Å². The average molecular weight is 1900 g/mol. The quantitative estimate of drug-likeness (QED) is 0.00908. The number of aliphatic hydroxyl groups excluding tert-OH is 1. The van der Waals surface area contributed by atoms with Crippen LogP contribution in [-0.2, 0) is 126 Å². The van der Waals surface area contributed by atoms with E-state index in [1.807, 2.05) is 126 Å². The highest BCUT2D eigenvalue weighted by Gasteiger charge is 2.81. The van der Waals surface area contributed by atoms with E-state index in [0.29, 0.717) is 46.8 Å². The molecule has 2 aliphatic heterocycles. The zero-order valence-corrected chi connectivity index (χ0v) is 81.5. The maximum absolute atomic E-state index is 15.9. The first-order chi connectivity index (χ1) is 64.8. The number of rotatable bonds is 31. The summed E-state index contributed by atoms with van der Waals surface area (Å²) in [5, 5.41) is 38.5. The van der Waals surface area contributed by atoms with Gasteiger partial charge in [0.1, 0.15) is 92.3 Å². The predicted octanol–water partition coefficient (Wildman–Crippen LogP) is 17.0. The van der Waals surface area contributed by atoms with Crippen LogP contribution in [0.1, 0.15) is 206 Å². The minimum atomic E-state index is -2.17. The van der Waals surface area contributed by atoms with E-state index >= 15 is 9.59 Å². The monoisotopic (exact) mass is 1900 g/mol. The zero-order valence-electron chi connectivity index (χ0n) is 81.5. The van der Waals surface area contributed by atoms with Gasteiger partial charge in [-0.25, -0.2) is 24.0 Å². The van der Waals surface area contributed by atoms with Crippen molar-refractivity contribution < 1.29 is 139 Å². The molecule has 8 aliphatic rings. The number of carbonyl (C=O) groups is 10. The molecule has 28 nitrogen and oxygen atoms in total. The molecule has 0 amide bonds. The largest absolute Gasteiger partial charge is 0.508 e. The van der Waals surface area contributed by atoms with Gasteiger partial charge in [0.2, 0.25) is 0 Å². The summed E-state index contributed by atoms with van der Waals surface area (Å²) in [5.74, 6) is -9.02. The van der Waals surface area contributed by atoms with Gasteiger partial charge < -0.3 is 86.4 Å². The summed E-state index contributed by atoms with van der Waals surface area (Å²) in [4.78, 5) is 138. The van der Waals surface area contributed by atoms with Gasteiger partial charge in [-0.05, 0) is 133 Å². The van der Waals surface area contributed by atoms with E-state index in [0.717, 1.165) is 23.1 Å². The minimum Gasteiger partial charge on any atom is -0.456 e. The molecule has 6 aliphatic carbocycles. The molecule has 6 aromatic rings. The first kappa shape index (κ1) is 105. The van der Waals surface area contributed by atoms with E-state index in [4.69, 9.17) is 71.1 Å². The summed E-state index contributed by atoms with van der Waals surface area (Å²) in [7, 11) is 0. The molecule has 4 bridgehead atoms. The van der Waals surface area contributed by atoms with Crippen LogP contribution in [0.25, 0.3) is 0 Å². The molecule has 0 radical (unpaired) electrons. The van der Waals surface area contributed by atoms with Crippen molar-refractivity contribution in [2.45, 2.75) is 273 Å². The van der Waals surface area contributed by atoms with Crippen LogP contribution in [0, 0.1) is 69.0 Å². The number of halogens is 1. The third-order valence-corrected chi connectivity index (χ3v) is 29.6. The highest BCUT2D eigenvalue weighted by Crippen LogP contribution is 2.68. The number of hydrogen-bond donors (Lipinski definition) is 3. The number of esters is 5. The Morgan fingerprint density at radius 2 is 0.788 bits per heavy atom. The summed E-state index contributed by atoms with van der Waals surface area (Å²) < 4.78 is 103. The first-order valence-corrected chi connectivity index (χ1v) is 47.2. The second-order valence-electron chi connectivity index (χ2n) is 40.2. The van der Waals surface area contributed by atoms with Crippen molar-refractivity contribution in [3.63, 3.8) is 0 Å². The fourth-order valence-electron chi connectivity index (χ4n) is 23.0. The Bertz CT molecular complexity index is 5300. The Balaban J connectivity index is 0.000000211. The van der Waals surface area contributed by atoms with E-state index in [9.17, 15) is 58.1 Å². The summed E-state index contributed by atoms with van der Waals surface area (Å²) >= 11 is 0. The Hall–Kier alpha value is -10.7. The van der Waals surface area contributed by atoms with Crippen LogP contribution in [-0.4, -0.2) is 185 Å². The van der Waals surface area contributed by atoms with Crippen LogP contribution in [0.2, 0.25) is 0 Å². The number of aliphatic hydroxyl groups is 3. The zero-order chi connectivity index (χ0) is 99.7. The molecule has 740 valence electrons. The number of hydrogen-bond acceptors (Lipinski definition) is 28. The molecule has 137 heavy (non-hydrogen) atoms. The van der Waals surface area contributed by atoms with E-state index in [1.54, 1.807) is 166 Å². The number of benzene rings is 6. The second kappa shape index (κ2) is 43.8. The lowest BCUT2D eigenvalue weighted by Crippen LogP contribution is -2.81. The molecule has 6 aromatic carbocycles. The van der Waals surface area contributed by atoms with Crippen molar-refractivity contribution in [2.75, 3.05) is 26.8 Å². The van der Waals surface area contributed by atoms with Gasteiger partial charge in [-0.1, -0.05) is 241 Å². The van der Waals surface area contributed by atoms with Gasteiger partial charge in [0, 0.05) is 62.2 Å². The van der Waals surface area contributed by atoms with Crippen LogP contribution in [0.4, 0.5) is 14.0 Å². The summed E-state index contributed by atoms with van der Waals surface area (Å²) in [6.07, 6.45) is -13.5. The molecule has 0 spiro atoms. The Labute approximate surface area is 800 Å². The van der Waals surface area contributed by atoms with Crippen molar-refractivity contribution >= 4 is 59.8 Å². The van der Waals surface area contributed by atoms with Crippen LogP contribution in [0.5, 0.6) is 0 Å². The van der Waals surface area contributed by atoms with Crippen molar-refractivity contribution in [2.24, 2.45) is 69.0 Å². The van der Waals surface area contributed by atoms with Crippen molar-refractivity contribution in [1.29, 1.82) is 0 Å². The predicted molar refractivity (Wildman–Crippen MR) is 497 cm³/mol. The molecule has 2 heterocycles. The molecule has 22 atom stereocenters. The van der Waals surface area contributed by atoms with Gasteiger partial charge in [0.25, 0.3) is 0 Å². The van der Waals surface area contributed by atoms with Crippen LogP contribution in [0.15, 0.2) is 204 Å². The maximum atomic E-state index is 15.9. The molecule has 14 rings (SSSR count). The van der Waals surface area contributed by atoms with Gasteiger partial charge >= 0.3 is 48.2 Å². The molecule has 0 aromatic heterocycles. The Morgan fingerprint density at radius 3 is 1.13 bits per heavy atom. The van der Waals surface area contributed by atoms with E-state index in [2.05, 4.69) is 0 Å². The normalized spacial score (nSPS) is 30.0. The standard InChI is InChI=1S/C54H66O14.C38H44O11.C16H23FO3/c1-32(2)25-33(3)44(64-31-61-28-37-19-13-10-14-20-37)49(58)65-40-27-54(60)47(67-48(57)39-23-17-12-18-24-39)45-52(9,46(56)35(5)43(34(40)4)51(54,7)8)41(26-42-53(45,30-63-42)68-36(6)55)66-50(59)62-29-38-21-15-11-16-22-38;1-21-26(40)18-38(44)32(48-33(42)25-15-11-8-12-16-25)30-36(6,31(41)22(2)29(21)35(38,4)5)27(17-28-37(30,20-46-28)49-23(3)39)47-34(43)45-19-24-13-9-7-10-14-24;1-12(2)9-13(3)15(16(17)18)20-11-19-10-14-7-5-4-6-8-14/h10-24,32-33,35,40-42,44-45,47,60H,25-31H2,1-9H3;7-16,22,26-28,30,32,40,44H,17-20H2,1-6H3;4-8,12-13,15H,9-11H2,1-3H3/t33-,35+,40-,41-,42+,44?,45-,47-,52+,53-,54+;22-,26+,27+,28-,30+,32+,36-,37+,38-;/m01./s1. The van der Waals surface area contributed by atoms with Crippen molar-refractivity contribution in [1.82, 2.24) is 0 Å². The van der Waals surface area contributed by atoms with Crippen LogP contribution >= 0.6 is 0 Å². The number of ketones is 2. The van der Waals surface area contributed by atoms with Gasteiger partial charge in [0.15, 0.2) is 23.4 Å². The van der Waals surface area contributed by atoms with Gasteiger partial charge in [-0.2, -0.15) is 4.39 Å². The molecule has 3 N–H and O–H groups in total. The summed E-state index contributed by atoms with van der Waals surface area (Å²) in [5.41, 5.74) is -7.84. The molecule has 2 saturated heterocycles. The van der Waals surface area contributed by atoms with Gasteiger partial charge in [0.05, 0.1) is 66.3 Å². The average Bonchev–Trinajstić information content (AvgIpc) is 0.678. The highest BCUT2D eigenvalue weighted by atomic mass is 19.1. The SMILES string of the molecule is CC(=O)O[C@@]12CO[C@@H]1C[C@H](OC(=O)OCc1ccccc1)[C@@]1(C)C(=O)[C@H](C)C3=C(C)[C@@H](O)C[C@@](O)([C@@H](OC(=O)c4ccccc4)[C@H]21)C3(C)C.CC(=O)O[C@@]12CO[C@@H]1C[C@H](OC(=O)OCc1ccccc1)[C@@]1(C)C(=O)[C@H](C)C3=C(C)[C@@H](OC(=O)C(OCOCc4ccccc4)[C@@H](C)CC(C)C)C[C@@](O)([C@@H](OC(=O)c4ccccc4)[C@H]21)C3(C)C.CC(C)CC(C)C(OCOCc1ccccc1)C(=O)F.